The topological polar surface area (TPSA) is 208 Å². The minimum Gasteiger partial charge on any atom is -0.493 e. The van der Waals surface area contributed by atoms with Crippen molar-refractivity contribution >= 4 is 58.5 Å². The molecule has 1 amide bonds. The highest BCUT2D eigenvalue weighted by atomic mass is 35.5. The fourth-order valence-corrected chi connectivity index (χ4v) is 3.20. The molecule has 0 spiro atoms. The highest BCUT2D eigenvalue weighted by molar-refractivity contribution is 6.31. The molecule has 194 valence electrons. The summed E-state index contributed by atoms with van der Waals surface area (Å²) in [5.41, 5.74) is 21.4. The molecule has 0 aliphatic carbocycles. The van der Waals surface area contributed by atoms with E-state index in [0.717, 1.165) is 5.56 Å². The predicted octanol–water partition coefficient (Wildman–Crippen LogP) is 2.61. The third kappa shape index (κ3) is 6.37. The number of guanidine groups is 1. The first-order chi connectivity index (χ1) is 17.2. The molecule has 0 unspecified atom stereocenters. The molecule has 0 fully saturated rings. The number of aliphatic imine (C=N–C) groups is 1. The van der Waals surface area contributed by atoms with Crippen molar-refractivity contribution in [1.82, 2.24) is 9.97 Å². The summed E-state index contributed by atoms with van der Waals surface area (Å²) in [6, 6.07) is 14.6. The van der Waals surface area contributed by atoms with Gasteiger partial charge in [0.1, 0.15) is 0 Å². The lowest BCUT2D eigenvalue weighted by atomic mass is 10.1. The Morgan fingerprint density at radius 1 is 0.973 bits per heavy atom. The van der Waals surface area contributed by atoms with Crippen LogP contribution < -0.4 is 37.8 Å². The molecule has 2 aromatic carbocycles. The molecule has 0 saturated heterocycles. The SMILES string of the molecule is COc1c(-c2ccccc2)oc2c(OC)cccc2c1=O.Cl.NC(N)=NC(=O)c1nc(Cl)c(N)nc1N. The average molecular weight is 548 g/mol. The standard InChI is InChI=1S/C17H14O4.C6H8ClN7O.ClH/c1-19-13-10-6-9-12-14(18)17(20-2)15(21-16(12)13)11-7-4-3-5-8-11;7-2-4(9)13-3(8)1(12-2)5(15)14-6(10)11;/h3-10H,1-2H3;(H4,8,9,13)(H4,10,11,14,15);1H. The zero-order valence-electron chi connectivity index (χ0n) is 19.6. The lowest BCUT2D eigenvalue weighted by Crippen LogP contribution is -2.24. The van der Waals surface area contributed by atoms with E-state index < -0.39 is 11.9 Å². The normalized spacial score (nSPS) is 9.92. The van der Waals surface area contributed by atoms with Crippen molar-refractivity contribution in [3.8, 4) is 22.8 Å². The van der Waals surface area contributed by atoms with Crippen molar-refractivity contribution in [2.24, 2.45) is 16.5 Å². The van der Waals surface area contributed by atoms with Crippen LogP contribution in [0.4, 0.5) is 11.6 Å². The average Bonchev–Trinajstić information content (AvgIpc) is 2.86. The second-order valence-electron chi connectivity index (χ2n) is 6.97. The van der Waals surface area contributed by atoms with E-state index in [2.05, 4.69) is 15.0 Å². The molecule has 0 bridgehead atoms. The number of para-hydroxylation sites is 1. The Hall–Kier alpha value is -4.55. The number of carbonyl (C=O) groups is 1. The van der Waals surface area contributed by atoms with E-state index in [9.17, 15) is 9.59 Å². The largest absolute Gasteiger partial charge is 0.493 e. The molecule has 0 aliphatic heterocycles. The molecule has 12 nitrogen and oxygen atoms in total. The number of carbonyl (C=O) groups excluding carboxylic acids is 1. The number of anilines is 2. The van der Waals surface area contributed by atoms with Crippen molar-refractivity contribution in [2.45, 2.75) is 0 Å². The quantitative estimate of drug-likeness (QED) is 0.215. The van der Waals surface area contributed by atoms with E-state index in [-0.39, 0.29) is 46.1 Å². The summed E-state index contributed by atoms with van der Waals surface area (Å²) >= 11 is 5.55. The fraction of sp³-hybridized carbons (Fsp3) is 0.0870. The van der Waals surface area contributed by atoms with Crippen molar-refractivity contribution in [3.05, 3.63) is 69.6 Å². The molecule has 2 heterocycles. The zero-order valence-corrected chi connectivity index (χ0v) is 21.2. The Morgan fingerprint density at radius 2 is 1.65 bits per heavy atom. The number of fused-ring (bicyclic) bond motifs is 1. The Morgan fingerprint density at radius 3 is 2.24 bits per heavy atom. The molecule has 4 rings (SSSR count). The van der Waals surface area contributed by atoms with E-state index >= 15 is 0 Å². The number of hydrogen-bond donors (Lipinski definition) is 4. The van der Waals surface area contributed by atoms with Crippen LogP contribution >= 0.6 is 24.0 Å². The molecule has 0 atom stereocenters. The summed E-state index contributed by atoms with van der Waals surface area (Å²) in [5, 5.41) is 0.296. The highest BCUT2D eigenvalue weighted by Crippen LogP contribution is 2.33. The Kier molecular flexibility index (Phi) is 9.63. The van der Waals surface area contributed by atoms with Gasteiger partial charge in [0, 0.05) is 5.56 Å². The molecule has 14 heteroatoms. The highest BCUT2D eigenvalue weighted by Gasteiger charge is 2.18. The van der Waals surface area contributed by atoms with Crippen LogP contribution in [-0.4, -0.2) is 36.1 Å². The number of rotatable bonds is 4. The zero-order chi connectivity index (χ0) is 26.4. The van der Waals surface area contributed by atoms with E-state index in [1.54, 1.807) is 25.3 Å². The van der Waals surface area contributed by atoms with Crippen LogP contribution in [0.25, 0.3) is 22.3 Å². The van der Waals surface area contributed by atoms with Gasteiger partial charge in [-0.25, -0.2) is 9.97 Å². The van der Waals surface area contributed by atoms with Crippen LogP contribution in [0.1, 0.15) is 10.5 Å². The van der Waals surface area contributed by atoms with Gasteiger partial charge in [-0.2, -0.15) is 4.99 Å². The van der Waals surface area contributed by atoms with Gasteiger partial charge in [0.2, 0.25) is 11.2 Å². The molecule has 37 heavy (non-hydrogen) atoms. The molecule has 0 radical (unpaired) electrons. The van der Waals surface area contributed by atoms with Crippen molar-refractivity contribution < 1.29 is 18.7 Å². The Bertz CT molecular complexity index is 1510. The third-order valence-corrected chi connectivity index (χ3v) is 4.92. The summed E-state index contributed by atoms with van der Waals surface area (Å²) in [7, 11) is 3.01. The van der Waals surface area contributed by atoms with Gasteiger partial charge in [0.05, 0.1) is 19.6 Å². The maximum Gasteiger partial charge on any atom is 0.302 e. The van der Waals surface area contributed by atoms with Crippen molar-refractivity contribution in [2.75, 3.05) is 25.7 Å². The number of ether oxygens (including phenoxy) is 2. The molecule has 8 N–H and O–H groups in total. The maximum absolute atomic E-state index is 12.6. The van der Waals surface area contributed by atoms with Gasteiger partial charge >= 0.3 is 5.91 Å². The van der Waals surface area contributed by atoms with Crippen LogP contribution in [0.2, 0.25) is 5.15 Å². The van der Waals surface area contributed by atoms with Gasteiger partial charge in [0.15, 0.2) is 45.5 Å². The number of benzene rings is 2. The summed E-state index contributed by atoms with van der Waals surface area (Å²) in [5.74, 6) is -0.384. The second-order valence-corrected chi connectivity index (χ2v) is 7.33. The maximum atomic E-state index is 12.6. The molecule has 4 aromatic rings. The second kappa shape index (κ2) is 12.4. The van der Waals surface area contributed by atoms with Gasteiger partial charge in [-0.05, 0) is 12.1 Å². The third-order valence-electron chi connectivity index (χ3n) is 4.64. The van der Waals surface area contributed by atoms with Crippen molar-refractivity contribution in [1.29, 1.82) is 0 Å². The van der Waals surface area contributed by atoms with Crippen LogP contribution in [0.3, 0.4) is 0 Å². The van der Waals surface area contributed by atoms with Crippen molar-refractivity contribution in [3.63, 3.8) is 0 Å². The lowest BCUT2D eigenvalue weighted by Gasteiger charge is -2.10. The summed E-state index contributed by atoms with van der Waals surface area (Å²) in [6.45, 7) is 0. The fourth-order valence-electron chi connectivity index (χ4n) is 3.07. The van der Waals surface area contributed by atoms with E-state index in [0.29, 0.717) is 22.5 Å². The first-order valence-corrected chi connectivity index (χ1v) is 10.5. The number of halogens is 2. The van der Waals surface area contributed by atoms with Crippen LogP contribution in [0.5, 0.6) is 11.5 Å². The van der Waals surface area contributed by atoms with Crippen LogP contribution in [0.15, 0.2) is 62.7 Å². The lowest BCUT2D eigenvalue weighted by molar-refractivity contribution is 0.0998. The number of amides is 1. The number of hydrogen-bond acceptors (Lipinski definition) is 9. The molecular weight excluding hydrogens is 525 g/mol. The monoisotopic (exact) mass is 547 g/mol. The summed E-state index contributed by atoms with van der Waals surface area (Å²) in [4.78, 5) is 34.3. The van der Waals surface area contributed by atoms with E-state index in [1.807, 2.05) is 30.3 Å². The number of nitrogen functional groups attached to an aromatic ring is 2. The number of aromatic nitrogens is 2. The minimum atomic E-state index is -0.832. The Balaban J connectivity index is 0.000000268. The summed E-state index contributed by atoms with van der Waals surface area (Å²) < 4.78 is 16.5. The van der Waals surface area contributed by atoms with Crippen LogP contribution in [0, 0.1) is 0 Å². The van der Waals surface area contributed by atoms with Gasteiger partial charge in [-0.3, -0.25) is 9.59 Å². The van der Waals surface area contributed by atoms with Gasteiger partial charge in [-0.1, -0.05) is 48.0 Å². The number of nitrogens with two attached hydrogens (primary N) is 4. The molecule has 0 aliphatic rings. The summed E-state index contributed by atoms with van der Waals surface area (Å²) in [6.07, 6.45) is 0. The smallest absolute Gasteiger partial charge is 0.302 e. The van der Waals surface area contributed by atoms with Crippen LogP contribution in [-0.2, 0) is 0 Å². The number of nitrogens with zero attached hydrogens (tertiary/aromatic N) is 3. The van der Waals surface area contributed by atoms with E-state index in [1.165, 1.54) is 7.11 Å². The Labute approximate surface area is 221 Å². The molecular formula is C23H23Cl2N7O5. The molecule has 2 aromatic heterocycles. The van der Waals surface area contributed by atoms with E-state index in [4.69, 9.17) is 48.4 Å². The first-order valence-electron chi connectivity index (χ1n) is 10.1. The predicted molar refractivity (Wildman–Crippen MR) is 144 cm³/mol. The first kappa shape index (κ1) is 28.7. The minimum absolute atomic E-state index is 0. The molecule has 0 saturated carbocycles. The van der Waals surface area contributed by atoms with Gasteiger partial charge < -0.3 is 36.8 Å². The number of methoxy groups -OCH3 is 2. The van der Waals surface area contributed by atoms with Gasteiger partial charge in [-0.15, -0.1) is 12.4 Å². The van der Waals surface area contributed by atoms with Gasteiger partial charge in [0.25, 0.3) is 0 Å².